The van der Waals surface area contributed by atoms with Crippen molar-refractivity contribution in [3.05, 3.63) is 63.9 Å². The average Bonchev–Trinajstić information content (AvgIpc) is 2.78. The number of benzene rings is 2. The van der Waals surface area contributed by atoms with Gasteiger partial charge in [0.15, 0.2) is 0 Å². The summed E-state index contributed by atoms with van der Waals surface area (Å²) in [7, 11) is -4.02. The number of hydrogen-bond donors (Lipinski definition) is 1. The minimum atomic E-state index is -4.02. The van der Waals surface area contributed by atoms with Crippen LogP contribution in [0.4, 0.5) is 10.1 Å². The summed E-state index contributed by atoms with van der Waals surface area (Å²) in [6.45, 7) is 5.33. The first-order valence-electron chi connectivity index (χ1n) is 11.1. The van der Waals surface area contributed by atoms with E-state index in [0.717, 1.165) is 12.3 Å². The van der Waals surface area contributed by atoms with Crippen molar-refractivity contribution in [3.63, 3.8) is 0 Å². The average molecular weight is 546 g/mol. The van der Waals surface area contributed by atoms with E-state index >= 15 is 0 Å². The van der Waals surface area contributed by atoms with E-state index in [2.05, 4.69) is 5.32 Å². The summed E-state index contributed by atoms with van der Waals surface area (Å²) >= 11 is 12.1. The summed E-state index contributed by atoms with van der Waals surface area (Å²) in [5, 5.41) is 3.43. The number of anilines is 1. The van der Waals surface area contributed by atoms with Crippen molar-refractivity contribution in [3.8, 4) is 0 Å². The molecular formula is C24H30Cl2FN3O4S. The largest absolute Gasteiger partial charge is 0.354 e. The molecule has 1 atom stereocenters. The van der Waals surface area contributed by atoms with Crippen LogP contribution in [-0.4, -0.2) is 50.5 Å². The van der Waals surface area contributed by atoms with Crippen LogP contribution in [0.25, 0.3) is 0 Å². The fraction of sp³-hybridized carbons (Fsp3) is 0.417. The number of sulfonamides is 1. The third-order valence-corrected chi connectivity index (χ3v) is 7.07. The normalized spacial score (nSPS) is 12.3. The van der Waals surface area contributed by atoms with Crippen molar-refractivity contribution >= 4 is 50.7 Å². The molecular weight excluding hydrogens is 516 g/mol. The van der Waals surface area contributed by atoms with Crippen LogP contribution in [-0.2, 0) is 26.2 Å². The fourth-order valence-electron chi connectivity index (χ4n) is 3.43. The van der Waals surface area contributed by atoms with Gasteiger partial charge in [0.05, 0.1) is 22.0 Å². The van der Waals surface area contributed by atoms with Gasteiger partial charge in [0, 0.05) is 13.1 Å². The second-order valence-electron chi connectivity index (χ2n) is 8.55. The van der Waals surface area contributed by atoms with E-state index in [1.54, 1.807) is 25.1 Å². The summed E-state index contributed by atoms with van der Waals surface area (Å²) in [5.41, 5.74) is 0.342. The van der Waals surface area contributed by atoms with Gasteiger partial charge in [-0.2, -0.15) is 0 Å². The molecule has 11 heteroatoms. The van der Waals surface area contributed by atoms with Crippen LogP contribution in [0.5, 0.6) is 0 Å². The highest BCUT2D eigenvalue weighted by Gasteiger charge is 2.32. The highest BCUT2D eigenvalue weighted by atomic mass is 35.5. The number of nitrogens with one attached hydrogen (secondary N) is 1. The Bertz CT molecular complexity index is 1160. The van der Waals surface area contributed by atoms with Crippen molar-refractivity contribution < 1.29 is 22.4 Å². The predicted octanol–water partition coefficient (Wildman–Crippen LogP) is 4.48. The maximum Gasteiger partial charge on any atom is 0.244 e. The summed E-state index contributed by atoms with van der Waals surface area (Å²) in [6, 6.07) is 9.21. The van der Waals surface area contributed by atoms with Gasteiger partial charge in [0.2, 0.25) is 21.8 Å². The first-order valence-corrected chi connectivity index (χ1v) is 13.7. The first-order chi connectivity index (χ1) is 16.3. The van der Waals surface area contributed by atoms with Gasteiger partial charge in [0.25, 0.3) is 0 Å². The molecule has 0 saturated carbocycles. The topological polar surface area (TPSA) is 86.8 Å². The van der Waals surface area contributed by atoms with Crippen LogP contribution in [0.15, 0.2) is 42.5 Å². The van der Waals surface area contributed by atoms with Gasteiger partial charge in [-0.3, -0.25) is 13.9 Å². The highest BCUT2D eigenvalue weighted by Crippen LogP contribution is 2.25. The number of halogens is 3. The molecule has 192 valence electrons. The van der Waals surface area contributed by atoms with Gasteiger partial charge in [-0.25, -0.2) is 12.8 Å². The Morgan fingerprint density at radius 2 is 1.74 bits per heavy atom. The predicted molar refractivity (Wildman–Crippen MR) is 138 cm³/mol. The Balaban J connectivity index is 2.46. The molecule has 0 spiro atoms. The summed E-state index contributed by atoms with van der Waals surface area (Å²) in [5.74, 6) is -1.64. The molecule has 2 amide bonds. The highest BCUT2D eigenvalue weighted by molar-refractivity contribution is 7.92. The fourth-order valence-corrected chi connectivity index (χ4v) is 4.60. The van der Waals surface area contributed by atoms with Gasteiger partial charge in [0.1, 0.15) is 18.4 Å². The summed E-state index contributed by atoms with van der Waals surface area (Å²) in [4.78, 5) is 27.8. The number of carbonyl (C=O) groups is 2. The molecule has 7 nitrogen and oxygen atoms in total. The summed E-state index contributed by atoms with van der Waals surface area (Å²) in [6.07, 6.45) is 1.16. The Kier molecular flexibility index (Phi) is 10.4. The third kappa shape index (κ3) is 8.08. The molecule has 2 aromatic rings. The molecule has 0 saturated heterocycles. The van der Waals surface area contributed by atoms with Crippen LogP contribution in [0.3, 0.4) is 0 Å². The van der Waals surface area contributed by atoms with Crippen molar-refractivity contribution in [1.29, 1.82) is 0 Å². The lowest BCUT2D eigenvalue weighted by Crippen LogP contribution is -2.52. The quantitative estimate of drug-likeness (QED) is 0.451. The van der Waals surface area contributed by atoms with Crippen LogP contribution < -0.4 is 9.62 Å². The molecule has 0 aliphatic heterocycles. The maximum atomic E-state index is 14.5. The van der Waals surface area contributed by atoms with E-state index in [-0.39, 0.29) is 35.5 Å². The lowest BCUT2D eigenvalue weighted by Gasteiger charge is -2.33. The standard InChI is InChI=1S/C24H30Cl2FN3O4S/c1-5-21(24(32)28-13-16(2)3)29(14-17-10-11-18(25)19(26)12-17)23(31)15-30(35(4,33)34)22-9-7-6-8-20(22)27/h6-12,16,21H,5,13-15H2,1-4H3,(H,28,32). The van der Waals surface area contributed by atoms with E-state index in [9.17, 15) is 22.4 Å². The molecule has 0 aliphatic carbocycles. The number of carbonyl (C=O) groups excluding carboxylic acids is 2. The van der Waals surface area contributed by atoms with Gasteiger partial charge in [-0.1, -0.05) is 62.2 Å². The molecule has 2 aromatic carbocycles. The van der Waals surface area contributed by atoms with Crippen molar-refractivity contribution in [1.82, 2.24) is 10.2 Å². The lowest BCUT2D eigenvalue weighted by atomic mass is 10.1. The molecule has 0 bridgehead atoms. The number of rotatable bonds is 11. The molecule has 1 unspecified atom stereocenters. The van der Waals surface area contributed by atoms with Crippen LogP contribution >= 0.6 is 23.2 Å². The minimum Gasteiger partial charge on any atom is -0.354 e. The van der Waals surface area contributed by atoms with E-state index in [1.807, 2.05) is 13.8 Å². The van der Waals surface area contributed by atoms with Gasteiger partial charge in [-0.15, -0.1) is 0 Å². The molecule has 0 radical (unpaired) electrons. The SMILES string of the molecule is CCC(C(=O)NCC(C)C)N(Cc1ccc(Cl)c(Cl)c1)C(=O)CN(c1ccccc1F)S(C)(=O)=O. The zero-order chi connectivity index (χ0) is 26.3. The van der Waals surface area contributed by atoms with E-state index < -0.39 is 34.3 Å². The third-order valence-electron chi connectivity index (χ3n) is 5.21. The zero-order valence-corrected chi connectivity index (χ0v) is 22.4. The van der Waals surface area contributed by atoms with E-state index in [4.69, 9.17) is 23.2 Å². The molecule has 0 aromatic heterocycles. The Labute approximate surface area is 216 Å². The van der Waals surface area contributed by atoms with Crippen molar-refractivity contribution in [2.45, 2.75) is 39.8 Å². The molecule has 1 N–H and O–H groups in total. The van der Waals surface area contributed by atoms with Crippen LogP contribution in [0.1, 0.15) is 32.8 Å². The Morgan fingerprint density at radius 1 is 1.09 bits per heavy atom. The molecule has 2 rings (SSSR count). The lowest BCUT2D eigenvalue weighted by molar-refractivity contribution is -0.140. The second kappa shape index (κ2) is 12.6. The maximum absolute atomic E-state index is 14.5. The first kappa shape index (κ1) is 28.9. The monoisotopic (exact) mass is 545 g/mol. The molecule has 35 heavy (non-hydrogen) atoms. The number of amides is 2. The van der Waals surface area contributed by atoms with Crippen LogP contribution in [0.2, 0.25) is 10.0 Å². The second-order valence-corrected chi connectivity index (χ2v) is 11.3. The van der Waals surface area contributed by atoms with Gasteiger partial charge in [-0.05, 0) is 42.2 Å². The smallest absolute Gasteiger partial charge is 0.244 e. The van der Waals surface area contributed by atoms with Gasteiger partial charge >= 0.3 is 0 Å². The number of hydrogen-bond acceptors (Lipinski definition) is 4. The van der Waals surface area contributed by atoms with Crippen LogP contribution in [0, 0.1) is 11.7 Å². The van der Waals surface area contributed by atoms with Gasteiger partial charge < -0.3 is 10.2 Å². The molecule has 0 fully saturated rings. The van der Waals surface area contributed by atoms with E-state index in [0.29, 0.717) is 21.4 Å². The molecule has 0 aliphatic rings. The Morgan fingerprint density at radius 3 is 2.29 bits per heavy atom. The number of nitrogens with zero attached hydrogens (tertiary/aromatic N) is 2. The van der Waals surface area contributed by atoms with Crippen molar-refractivity contribution in [2.75, 3.05) is 23.7 Å². The molecule has 0 heterocycles. The number of para-hydroxylation sites is 1. The van der Waals surface area contributed by atoms with Crippen molar-refractivity contribution in [2.24, 2.45) is 5.92 Å². The Hall–Kier alpha value is -2.36. The van der Waals surface area contributed by atoms with E-state index in [1.165, 1.54) is 23.1 Å². The summed E-state index contributed by atoms with van der Waals surface area (Å²) < 4.78 is 40.2. The zero-order valence-electron chi connectivity index (χ0n) is 20.1. The minimum absolute atomic E-state index is 0.0296.